The minimum absolute atomic E-state index is 0.0943. The Morgan fingerprint density at radius 3 is 2.62 bits per heavy atom. The molecule has 110 valence electrons. The quantitative estimate of drug-likeness (QED) is 0.807. The summed E-state index contributed by atoms with van der Waals surface area (Å²) in [6.45, 7) is 1.95. The summed E-state index contributed by atoms with van der Waals surface area (Å²) in [6.07, 6.45) is 4.77. The fourth-order valence-corrected chi connectivity index (χ4v) is 2.83. The highest BCUT2D eigenvalue weighted by atomic mass is 16.2. The second-order valence-corrected chi connectivity index (χ2v) is 5.60. The number of hydrogen-bond donors (Lipinski definition) is 3. The number of hydrogen-bond acceptors (Lipinski definition) is 2. The van der Waals surface area contributed by atoms with Crippen molar-refractivity contribution in [2.75, 3.05) is 0 Å². The molecule has 1 aromatic carbocycles. The lowest BCUT2D eigenvalue weighted by Gasteiger charge is -2.19. The second kappa shape index (κ2) is 5.60. The van der Waals surface area contributed by atoms with Crippen LogP contribution in [0.1, 0.15) is 53.0 Å². The lowest BCUT2D eigenvalue weighted by molar-refractivity contribution is 0.0935. The van der Waals surface area contributed by atoms with Gasteiger partial charge in [-0.25, -0.2) is 0 Å². The summed E-state index contributed by atoms with van der Waals surface area (Å²) in [6, 6.07) is 7.61. The molecular weight excluding hydrogens is 266 g/mol. The van der Waals surface area contributed by atoms with E-state index < -0.39 is 0 Å². The number of fused-ring (bicyclic) bond motifs is 1. The fraction of sp³-hybridized carbons (Fsp3) is 0.375. The van der Waals surface area contributed by atoms with Crippen LogP contribution in [0.4, 0.5) is 0 Å². The molecule has 1 atom stereocenters. The Labute approximate surface area is 122 Å². The molecule has 0 saturated heterocycles. The number of aromatic nitrogens is 2. The Hall–Kier alpha value is -2.30. The number of aromatic amines is 2. The first-order valence-corrected chi connectivity index (χ1v) is 7.34. The molecule has 0 fully saturated rings. The first kappa shape index (κ1) is 13.7. The molecule has 1 aromatic heterocycles. The molecule has 1 heterocycles. The maximum atomic E-state index is 12.0. The number of carbonyl (C=O) groups is 1. The highest BCUT2D eigenvalue weighted by Gasteiger charge is 2.15. The van der Waals surface area contributed by atoms with E-state index in [-0.39, 0.29) is 23.2 Å². The highest BCUT2D eigenvalue weighted by molar-refractivity contribution is 5.92. The van der Waals surface area contributed by atoms with E-state index in [4.69, 9.17) is 0 Å². The van der Waals surface area contributed by atoms with Crippen LogP contribution < -0.4 is 10.9 Å². The summed E-state index contributed by atoms with van der Waals surface area (Å²) < 4.78 is 0. The molecule has 0 bridgehead atoms. The van der Waals surface area contributed by atoms with Crippen LogP contribution in [0.15, 0.2) is 29.1 Å². The van der Waals surface area contributed by atoms with E-state index in [2.05, 4.69) is 33.7 Å². The number of benzene rings is 1. The molecule has 0 saturated carbocycles. The monoisotopic (exact) mass is 285 g/mol. The van der Waals surface area contributed by atoms with Gasteiger partial charge in [0.2, 0.25) is 0 Å². The van der Waals surface area contributed by atoms with Crippen molar-refractivity contribution in [3.63, 3.8) is 0 Å². The first-order chi connectivity index (χ1) is 10.1. The van der Waals surface area contributed by atoms with E-state index in [1.807, 2.05) is 6.92 Å². The highest BCUT2D eigenvalue weighted by Crippen LogP contribution is 2.24. The number of H-pyrrole nitrogens is 2. The van der Waals surface area contributed by atoms with Crippen LogP contribution >= 0.6 is 0 Å². The maximum Gasteiger partial charge on any atom is 0.269 e. The van der Waals surface area contributed by atoms with Crippen molar-refractivity contribution in [2.45, 2.75) is 38.6 Å². The van der Waals surface area contributed by atoms with Gasteiger partial charge in [-0.2, -0.15) is 0 Å². The summed E-state index contributed by atoms with van der Waals surface area (Å²) in [5.74, 6) is -0.279. The van der Waals surface area contributed by atoms with E-state index in [0.717, 1.165) is 18.4 Å². The Bertz CT molecular complexity index is 714. The zero-order valence-electron chi connectivity index (χ0n) is 12.0. The average molecular weight is 285 g/mol. The Balaban J connectivity index is 1.74. The van der Waals surface area contributed by atoms with Gasteiger partial charge >= 0.3 is 0 Å². The Morgan fingerprint density at radius 1 is 1.14 bits per heavy atom. The van der Waals surface area contributed by atoms with Gasteiger partial charge in [0, 0.05) is 6.07 Å². The van der Waals surface area contributed by atoms with Crippen LogP contribution in [-0.4, -0.2) is 16.1 Å². The topological polar surface area (TPSA) is 77.8 Å². The molecule has 1 aliphatic carbocycles. The van der Waals surface area contributed by atoms with Gasteiger partial charge in [-0.1, -0.05) is 18.2 Å². The van der Waals surface area contributed by atoms with Crippen molar-refractivity contribution in [3.05, 3.63) is 57.0 Å². The number of amides is 1. The third kappa shape index (κ3) is 2.91. The van der Waals surface area contributed by atoms with Crippen molar-refractivity contribution in [2.24, 2.45) is 0 Å². The van der Waals surface area contributed by atoms with Crippen molar-refractivity contribution in [3.8, 4) is 0 Å². The van der Waals surface area contributed by atoms with Crippen molar-refractivity contribution >= 4 is 5.91 Å². The molecule has 2 aromatic rings. The van der Waals surface area contributed by atoms with E-state index in [0.29, 0.717) is 0 Å². The average Bonchev–Trinajstić information content (AvgIpc) is 2.93. The zero-order valence-corrected chi connectivity index (χ0v) is 12.0. The van der Waals surface area contributed by atoms with Gasteiger partial charge in [0.1, 0.15) is 5.69 Å². The molecule has 0 aliphatic heterocycles. The van der Waals surface area contributed by atoms with Crippen LogP contribution in [0.3, 0.4) is 0 Å². The standard InChI is InChI=1S/C16H19N3O2/c1-10(17-16(21)14-9-15(20)19-18-14)12-7-6-11-4-2-3-5-13(11)8-12/h6-10H,2-5H2,1H3,(H,17,21)(H2,18,19,20). The SMILES string of the molecule is CC(NC(=O)c1cc(=O)[nH][nH]1)c1ccc2c(c1)CCCC2. The van der Waals surface area contributed by atoms with Crippen LogP contribution in [0, 0.1) is 0 Å². The molecule has 5 nitrogen and oxygen atoms in total. The first-order valence-electron chi connectivity index (χ1n) is 7.34. The van der Waals surface area contributed by atoms with Crippen LogP contribution in [0.5, 0.6) is 0 Å². The maximum absolute atomic E-state index is 12.0. The number of carbonyl (C=O) groups excluding carboxylic acids is 1. The molecule has 21 heavy (non-hydrogen) atoms. The fourth-order valence-electron chi connectivity index (χ4n) is 2.83. The molecule has 0 spiro atoms. The Kier molecular flexibility index (Phi) is 3.64. The molecule has 3 N–H and O–H groups in total. The van der Waals surface area contributed by atoms with E-state index in [9.17, 15) is 9.59 Å². The summed E-state index contributed by atoms with van der Waals surface area (Å²) in [4.78, 5) is 23.1. The molecule has 1 aliphatic rings. The normalized spacial score (nSPS) is 15.3. The third-order valence-corrected chi connectivity index (χ3v) is 4.06. The van der Waals surface area contributed by atoms with Crippen LogP contribution in [0.25, 0.3) is 0 Å². The van der Waals surface area contributed by atoms with Gasteiger partial charge in [0.25, 0.3) is 11.5 Å². The number of nitrogens with one attached hydrogen (secondary N) is 3. The molecule has 1 unspecified atom stereocenters. The molecular formula is C16H19N3O2. The van der Waals surface area contributed by atoms with Crippen molar-refractivity contribution < 1.29 is 4.79 Å². The van der Waals surface area contributed by atoms with Gasteiger partial charge in [-0.3, -0.25) is 19.8 Å². The van der Waals surface area contributed by atoms with Crippen LogP contribution in [0.2, 0.25) is 0 Å². The lowest BCUT2D eigenvalue weighted by atomic mass is 9.89. The summed E-state index contributed by atoms with van der Waals surface area (Å²) in [7, 11) is 0. The summed E-state index contributed by atoms with van der Waals surface area (Å²) in [5, 5.41) is 7.83. The minimum Gasteiger partial charge on any atom is -0.344 e. The molecule has 1 amide bonds. The van der Waals surface area contributed by atoms with Gasteiger partial charge in [0.15, 0.2) is 0 Å². The predicted molar refractivity (Wildman–Crippen MR) is 80.4 cm³/mol. The minimum atomic E-state index is -0.304. The third-order valence-electron chi connectivity index (χ3n) is 4.06. The molecule has 3 rings (SSSR count). The molecule has 0 radical (unpaired) electrons. The summed E-state index contributed by atoms with van der Waals surface area (Å²) in [5.41, 5.74) is 3.88. The van der Waals surface area contributed by atoms with Gasteiger partial charge in [0.05, 0.1) is 6.04 Å². The molecule has 5 heteroatoms. The predicted octanol–water partition coefficient (Wildman–Crippen LogP) is 2.07. The van der Waals surface area contributed by atoms with Gasteiger partial charge in [-0.05, 0) is 49.3 Å². The second-order valence-electron chi connectivity index (χ2n) is 5.60. The smallest absolute Gasteiger partial charge is 0.269 e. The Morgan fingerprint density at radius 2 is 1.90 bits per heavy atom. The van der Waals surface area contributed by atoms with Crippen molar-refractivity contribution in [1.29, 1.82) is 0 Å². The van der Waals surface area contributed by atoms with Crippen LogP contribution in [-0.2, 0) is 12.8 Å². The van der Waals surface area contributed by atoms with E-state index in [1.54, 1.807) is 0 Å². The van der Waals surface area contributed by atoms with Gasteiger partial charge in [-0.15, -0.1) is 0 Å². The van der Waals surface area contributed by atoms with E-state index >= 15 is 0 Å². The summed E-state index contributed by atoms with van der Waals surface area (Å²) >= 11 is 0. The largest absolute Gasteiger partial charge is 0.344 e. The lowest BCUT2D eigenvalue weighted by Crippen LogP contribution is -2.27. The van der Waals surface area contributed by atoms with E-state index in [1.165, 1.54) is 30.0 Å². The number of rotatable bonds is 3. The number of aryl methyl sites for hydroxylation is 2. The van der Waals surface area contributed by atoms with Gasteiger partial charge < -0.3 is 5.32 Å². The van der Waals surface area contributed by atoms with Crippen molar-refractivity contribution in [1.82, 2.24) is 15.5 Å². The zero-order chi connectivity index (χ0) is 14.8.